The quantitative estimate of drug-likeness (QED) is 0.717. The van der Waals surface area contributed by atoms with Gasteiger partial charge in [-0.1, -0.05) is 6.42 Å². The average Bonchev–Trinajstić information content (AvgIpc) is 2.16. The van der Waals surface area contributed by atoms with Crippen LogP contribution in [-0.2, 0) is 9.84 Å². The highest BCUT2D eigenvalue weighted by molar-refractivity contribution is 7.92. The summed E-state index contributed by atoms with van der Waals surface area (Å²) >= 11 is 0. The largest absolute Gasteiger partial charge is 0.330 e. The molecule has 1 aliphatic heterocycles. The molecule has 1 heterocycles. The fourth-order valence-corrected chi connectivity index (χ4v) is 3.75. The van der Waals surface area contributed by atoms with E-state index in [1.807, 2.05) is 6.92 Å². The van der Waals surface area contributed by atoms with E-state index in [-0.39, 0.29) is 5.25 Å². The Hall–Kier alpha value is -0.130. The number of nitrogens with one attached hydrogen (secondary N) is 1. The SMILES string of the molecule is CC(CCN)NCC1CCCCS1(=O)=O. The molecule has 5 heteroatoms. The molecule has 0 aromatic carbocycles. The van der Waals surface area contributed by atoms with Gasteiger partial charge in [0.15, 0.2) is 9.84 Å². The second-order valence-corrected chi connectivity index (χ2v) is 6.77. The Kier molecular flexibility index (Phi) is 5.02. The topological polar surface area (TPSA) is 72.2 Å². The van der Waals surface area contributed by atoms with Gasteiger partial charge < -0.3 is 11.1 Å². The predicted octanol–water partition coefficient (Wildman–Crippen LogP) is 0.281. The van der Waals surface area contributed by atoms with Crippen LogP contribution in [0.25, 0.3) is 0 Å². The Balaban J connectivity index is 2.37. The molecule has 0 aliphatic carbocycles. The lowest BCUT2D eigenvalue weighted by Gasteiger charge is -2.24. The Morgan fingerprint density at radius 2 is 2.20 bits per heavy atom. The molecule has 0 radical (unpaired) electrons. The summed E-state index contributed by atoms with van der Waals surface area (Å²) in [6.45, 7) is 3.28. The molecular formula is C10H22N2O2S. The fraction of sp³-hybridized carbons (Fsp3) is 1.00. The lowest BCUT2D eigenvalue weighted by Crippen LogP contribution is -2.41. The molecule has 0 saturated carbocycles. The van der Waals surface area contributed by atoms with Gasteiger partial charge in [0.2, 0.25) is 0 Å². The Morgan fingerprint density at radius 1 is 1.47 bits per heavy atom. The first-order valence-corrected chi connectivity index (χ1v) is 7.43. The number of nitrogens with two attached hydrogens (primary N) is 1. The summed E-state index contributed by atoms with van der Waals surface area (Å²) in [6.07, 6.45) is 3.57. The highest BCUT2D eigenvalue weighted by atomic mass is 32.2. The van der Waals surface area contributed by atoms with Crippen LogP contribution in [0.5, 0.6) is 0 Å². The van der Waals surface area contributed by atoms with Crippen LogP contribution in [0.4, 0.5) is 0 Å². The van der Waals surface area contributed by atoms with Crippen molar-refractivity contribution in [3.63, 3.8) is 0 Å². The zero-order valence-electron chi connectivity index (χ0n) is 9.41. The molecule has 2 unspecified atom stereocenters. The van der Waals surface area contributed by atoms with Crippen molar-refractivity contribution in [3.8, 4) is 0 Å². The molecule has 3 N–H and O–H groups in total. The van der Waals surface area contributed by atoms with Gasteiger partial charge in [-0.05, 0) is 32.7 Å². The minimum atomic E-state index is -2.83. The summed E-state index contributed by atoms with van der Waals surface area (Å²) in [7, 11) is -2.83. The van der Waals surface area contributed by atoms with E-state index in [1.165, 1.54) is 0 Å². The van der Waals surface area contributed by atoms with Crippen molar-refractivity contribution in [2.75, 3.05) is 18.8 Å². The molecule has 2 atom stereocenters. The summed E-state index contributed by atoms with van der Waals surface area (Å²) in [4.78, 5) is 0. The van der Waals surface area contributed by atoms with Gasteiger partial charge in [0, 0.05) is 12.6 Å². The van der Waals surface area contributed by atoms with Crippen molar-refractivity contribution in [1.82, 2.24) is 5.32 Å². The lowest BCUT2D eigenvalue weighted by atomic mass is 10.1. The monoisotopic (exact) mass is 234 g/mol. The molecule has 0 spiro atoms. The summed E-state index contributed by atoms with van der Waals surface area (Å²) < 4.78 is 23.4. The van der Waals surface area contributed by atoms with Crippen LogP contribution < -0.4 is 11.1 Å². The molecule has 0 bridgehead atoms. The number of hydrogen-bond acceptors (Lipinski definition) is 4. The van der Waals surface area contributed by atoms with Crippen LogP contribution in [0, 0.1) is 0 Å². The van der Waals surface area contributed by atoms with Crippen molar-refractivity contribution >= 4 is 9.84 Å². The summed E-state index contributed by atoms with van der Waals surface area (Å²) in [6, 6.07) is 0.312. The van der Waals surface area contributed by atoms with Crippen molar-refractivity contribution in [2.45, 2.75) is 43.9 Å². The van der Waals surface area contributed by atoms with Crippen molar-refractivity contribution < 1.29 is 8.42 Å². The van der Waals surface area contributed by atoms with E-state index >= 15 is 0 Å². The minimum absolute atomic E-state index is 0.175. The molecule has 0 amide bonds. The maximum Gasteiger partial charge on any atom is 0.154 e. The number of hydrogen-bond donors (Lipinski definition) is 2. The standard InChI is InChI=1S/C10H22N2O2S/c1-9(5-6-11)12-8-10-4-2-3-7-15(10,13)14/h9-10,12H,2-8,11H2,1H3. The fourth-order valence-electron chi connectivity index (χ4n) is 1.94. The van der Waals surface area contributed by atoms with Gasteiger partial charge in [-0.3, -0.25) is 0 Å². The van der Waals surface area contributed by atoms with Crippen LogP contribution in [0.2, 0.25) is 0 Å². The third kappa shape index (κ3) is 4.09. The van der Waals surface area contributed by atoms with E-state index in [2.05, 4.69) is 5.32 Å². The predicted molar refractivity (Wildman–Crippen MR) is 62.6 cm³/mol. The Morgan fingerprint density at radius 3 is 2.80 bits per heavy atom. The van der Waals surface area contributed by atoms with Gasteiger partial charge in [0.25, 0.3) is 0 Å². The van der Waals surface area contributed by atoms with Crippen LogP contribution >= 0.6 is 0 Å². The van der Waals surface area contributed by atoms with Gasteiger partial charge in [0.05, 0.1) is 11.0 Å². The maximum atomic E-state index is 11.7. The van der Waals surface area contributed by atoms with Gasteiger partial charge in [-0.15, -0.1) is 0 Å². The van der Waals surface area contributed by atoms with E-state index in [9.17, 15) is 8.42 Å². The summed E-state index contributed by atoms with van der Waals surface area (Å²) in [5, 5.41) is 3.08. The first kappa shape index (κ1) is 12.9. The zero-order valence-corrected chi connectivity index (χ0v) is 10.2. The average molecular weight is 234 g/mol. The van der Waals surface area contributed by atoms with E-state index in [1.54, 1.807) is 0 Å². The van der Waals surface area contributed by atoms with E-state index in [4.69, 9.17) is 5.73 Å². The van der Waals surface area contributed by atoms with Crippen molar-refractivity contribution in [3.05, 3.63) is 0 Å². The highest BCUT2D eigenvalue weighted by Crippen LogP contribution is 2.18. The second kappa shape index (κ2) is 5.82. The van der Waals surface area contributed by atoms with Crippen LogP contribution in [-0.4, -0.2) is 38.6 Å². The molecule has 0 aromatic heterocycles. The zero-order chi connectivity index (χ0) is 11.3. The van der Waals surface area contributed by atoms with Crippen molar-refractivity contribution in [1.29, 1.82) is 0 Å². The van der Waals surface area contributed by atoms with E-state index in [0.29, 0.717) is 24.9 Å². The second-order valence-electron chi connectivity index (χ2n) is 4.37. The summed E-state index contributed by atoms with van der Waals surface area (Å²) in [5.74, 6) is 0.366. The Labute approximate surface area is 92.5 Å². The van der Waals surface area contributed by atoms with Gasteiger partial charge in [0.1, 0.15) is 0 Å². The third-order valence-electron chi connectivity index (χ3n) is 3.01. The number of sulfone groups is 1. The first-order valence-electron chi connectivity index (χ1n) is 5.71. The minimum Gasteiger partial charge on any atom is -0.330 e. The van der Waals surface area contributed by atoms with E-state index < -0.39 is 9.84 Å². The highest BCUT2D eigenvalue weighted by Gasteiger charge is 2.28. The van der Waals surface area contributed by atoms with Gasteiger partial charge >= 0.3 is 0 Å². The summed E-state index contributed by atoms with van der Waals surface area (Å²) in [5.41, 5.74) is 5.43. The van der Waals surface area contributed by atoms with Crippen LogP contribution in [0.3, 0.4) is 0 Å². The molecule has 90 valence electrons. The molecular weight excluding hydrogens is 212 g/mol. The molecule has 4 nitrogen and oxygen atoms in total. The molecule has 1 saturated heterocycles. The van der Waals surface area contributed by atoms with Gasteiger partial charge in [-0.2, -0.15) is 0 Å². The first-order chi connectivity index (χ1) is 7.06. The van der Waals surface area contributed by atoms with Gasteiger partial charge in [-0.25, -0.2) is 8.42 Å². The molecule has 15 heavy (non-hydrogen) atoms. The lowest BCUT2D eigenvalue weighted by molar-refractivity contribution is 0.478. The molecule has 1 aliphatic rings. The number of rotatable bonds is 5. The normalized spacial score (nSPS) is 27.5. The maximum absolute atomic E-state index is 11.7. The third-order valence-corrected chi connectivity index (χ3v) is 5.28. The molecule has 0 aromatic rings. The van der Waals surface area contributed by atoms with Crippen LogP contribution in [0.15, 0.2) is 0 Å². The smallest absolute Gasteiger partial charge is 0.154 e. The molecule has 1 fully saturated rings. The van der Waals surface area contributed by atoms with Crippen LogP contribution in [0.1, 0.15) is 32.6 Å². The molecule has 1 rings (SSSR count). The van der Waals surface area contributed by atoms with Crippen molar-refractivity contribution in [2.24, 2.45) is 5.73 Å². The Bertz CT molecular complexity index is 277. The van der Waals surface area contributed by atoms with E-state index in [0.717, 1.165) is 25.7 Å².